The van der Waals surface area contributed by atoms with Crippen LogP contribution in [0.3, 0.4) is 0 Å². The molecule has 1 aromatic heterocycles. The van der Waals surface area contributed by atoms with Gasteiger partial charge in [0, 0.05) is 42.3 Å². The smallest absolute Gasteiger partial charge is 0.319 e. The summed E-state index contributed by atoms with van der Waals surface area (Å²) in [5, 5.41) is 16.2. The Hall–Kier alpha value is -4.21. The molecule has 3 amide bonds. The topological polar surface area (TPSA) is 136 Å². The molecule has 0 bridgehead atoms. The number of aromatic amines is 1. The van der Waals surface area contributed by atoms with E-state index in [4.69, 9.17) is 5.11 Å². The highest BCUT2D eigenvalue weighted by molar-refractivity contribution is 6.06. The lowest BCUT2D eigenvalue weighted by Crippen LogP contribution is -2.30. The Labute approximate surface area is 175 Å². The monoisotopic (exact) mass is 423 g/mol. The van der Waals surface area contributed by atoms with Gasteiger partial charge < -0.3 is 26.0 Å². The number of nitrogens with zero attached hydrogens (tertiary/aromatic N) is 1. The Morgan fingerprint density at radius 3 is 2.65 bits per heavy atom. The van der Waals surface area contributed by atoms with Crippen LogP contribution in [0.15, 0.2) is 42.7 Å². The number of hydrogen-bond acceptors (Lipinski definition) is 4. The van der Waals surface area contributed by atoms with E-state index >= 15 is 0 Å². The number of hydrogen-bond donors (Lipinski definition) is 5. The van der Waals surface area contributed by atoms with Gasteiger partial charge in [-0.1, -0.05) is 6.07 Å². The van der Waals surface area contributed by atoms with Crippen molar-refractivity contribution in [1.29, 1.82) is 0 Å². The van der Waals surface area contributed by atoms with Gasteiger partial charge in [0.15, 0.2) is 0 Å². The van der Waals surface area contributed by atoms with Crippen molar-refractivity contribution in [2.45, 2.75) is 13.0 Å². The molecule has 2 heterocycles. The third-order valence-electron chi connectivity index (χ3n) is 4.86. The summed E-state index contributed by atoms with van der Waals surface area (Å²) in [6.45, 7) is 0.223. The minimum atomic E-state index is -1.03. The molecule has 0 fully saturated rings. The second kappa shape index (κ2) is 8.27. The summed E-state index contributed by atoms with van der Waals surface area (Å²) in [6.07, 6.45) is 3.03. The lowest BCUT2D eigenvalue weighted by Gasteiger charge is -2.13. The van der Waals surface area contributed by atoms with Crippen molar-refractivity contribution in [2.24, 2.45) is 0 Å². The standard InChI is InChI=1S/C21H18FN5O4/c22-16-9-11(27-21(31)25-6-5-17(28)29)1-2-13(16)12-3-4-14(19-23-7-8-24-19)18-15(12)10-26-20(18)30/h1-4,7-9H,5-6,10H2,(H,23,24)(H,26,30)(H,28,29)(H2,25,27,31). The van der Waals surface area contributed by atoms with E-state index in [0.29, 0.717) is 28.1 Å². The van der Waals surface area contributed by atoms with Crippen LogP contribution >= 0.6 is 0 Å². The number of nitrogens with one attached hydrogen (secondary N) is 4. The number of halogens is 1. The van der Waals surface area contributed by atoms with Gasteiger partial charge in [-0.15, -0.1) is 0 Å². The molecule has 1 aliphatic rings. The molecule has 3 aromatic rings. The highest BCUT2D eigenvalue weighted by Crippen LogP contribution is 2.36. The van der Waals surface area contributed by atoms with Crippen LogP contribution in [0.5, 0.6) is 0 Å². The number of amides is 3. The second-order valence-corrected chi connectivity index (χ2v) is 6.85. The third-order valence-corrected chi connectivity index (χ3v) is 4.86. The molecule has 31 heavy (non-hydrogen) atoms. The summed E-state index contributed by atoms with van der Waals surface area (Å²) in [7, 11) is 0. The zero-order chi connectivity index (χ0) is 22.0. The minimum Gasteiger partial charge on any atom is -0.481 e. The van der Waals surface area contributed by atoms with Gasteiger partial charge in [-0.3, -0.25) is 9.59 Å². The third kappa shape index (κ3) is 4.08. The summed E-state index contributed by atoms with van der Waals surface area (Å²) in [5.74, 6) is -1.31. The van der Waals surface area contributed by atoms with E-state index in [2.05, 4.69) is 25.9 Å². The molecule has 158 valence electrons. The molecule has 2 aromatic carbocycles. The maximum Gasteiger partial charge on any atom is 0.319 e. The molecule has 9 nitrogen and oxygen atoms in total. The molecule has 0 saturated heterocycles. The number of carbonyl (C=O) groups excluding carboxylic acids is 2. The number of carboxylic acids is 1. The number of carbonyl (C=O) groups is 3. The summed E-state index contributed by atoms with van der Waals surface area (Å²) in [4.78, 5) is 41.9. The van der Waals surface area contributed by atoms with E-state index in [1.807, 2.05) is 0 Å². The van der Waals surface area contributed by atoms with E-state index in [1.54, 1.807) is 24.5 Å². The number of H-pyrrole nitrogens is 1. The summed E-state index contributed by atoms with van der Waals surface area (Å²) >= 11 is 0. The summed E-state index contributed by atoms with van der Waals surface area (Å²) < 4.78 is 14.9. The van der Waals surface area contributed by atoms with Gasteiger partial charge in [-0.05, 0) is 35.4 Å². The summed E-state index contributed by atoms with van der Waals surface area (Å²) in [5.41, 5.74) is 2.83. The van der Waals surface area contributed by atoms with Crippen molar-refractivity contribution in [3.63, 3.8) is 0 Å². The Morgan fingerprint density at radius 1 is 1.16 bits per heavy atom. The number of fused-ring (bicyclic) bond motifs is 1. The van der Waals surface area contributed by atoms with Crippen LogP contribution in [-0.2, 0) is 11.3 Å². The normalized spacial score (nSPS) is 12.2. The molecule has 0 aliphatic carbocycles. The quantitative estimate of drug-likeness (QED) is 0.415. The van der Waals surface area contributed by atoms with Crippen LogP contribution in [0.25, 0.3) is 22.5 Å². The first-order valence-corrected chi connectivity index (χ1v) is 9.44. The molecule has 0 spiro atoms. The Balaban J connectivity index is 1.60. The molecule has 0 radical (unpaired) electrons. The van der Waals surface area contributed by atoms with E-state index in [0.717, 1.165) is 0 Å². The van der Waals surface area contributed by atoms with Gasteiger partial charge in [0.05, 0.1) is 12.0 Å². The Kier molecular flexibility index (Phi) is 5.35. The zero-order valence-corrected chi connectivity index (χ0v) is 16.2. The van der Waals surface area contributed by atoms with Crippen LogP contribution < -0.4 is 16.0 Å². The first kappa shape index (κ1) is 20.1. The van der Waals surface area contributed by atoms with Gasteiger partial charge in [0.25, 0.3) is 5.91 Å². The number of aromatic nitrogens is 2. The predicted octanol–water partition coefficient (Wildman–Crippen LogP) is 2.72. The molecule has 10 heteroatoms. The minimum absolute atomic E-state index is 0.0447. The largest absolute Gasteiger partial charge is 0.481 e. The van der Waals surface area contributed by atoms with Crippen molar-refractivity contribution in [1.82, 2.24) is 20.6 Å². The van der Waals surface area contributed by atoms with Crippen molar-refractivity contribution in [3.8, 4) is 22.5 Å². The fourth-order valence-electron chi connectivity index (χ4n) is 3.48. The second-order valence-electron chi connectivity index (χ2n) is 6.85. The molecule has 0 saturated carbocycles. The van der Waals surface area contributed by atoms with Gasteiger partial charge in [0.1, 0.15) is 11.6 Å². The number of benzene rings is 2. The molecule has 0 atom stereocenters. The predicted molar refractivity (Wildman–Crippen MR) is 110 cm³/mol. The van der Waals surface area contributed by atoms with E-state index in [-0.39, 0.29) is 36.7 Å². The van der Waals surface area contributed by atoms with Crippen LogP contribution in [0.1, 0.15) is 22.3 Å². The fraction of sp³-hybridized carbons (Fsp3) is 0.143. The maximum atomic E-state index is 14.9. The maximum absolute atomic E-state index is 14.9. The molecule has 5 N–H and O–H groups in total. The Bertz CT molecular complexity index is 1180. The first-order valence-electron chi connectivity index (χ1n) is 9.44. The average molecular weight is 423 g/mol. The van der Waals surface area contributed by atoms with Gasteiger partial charge in [-0.25, -0.2) is 14.2 Å². The van der Waals surface area contributed by atoms with Crippen LogP contribution in [0.2, 0.25) is 0 Å². The van der Waals surface area contributed by atoms with E-state index in [1.165, 1.54) is 18.2 Å². The van der Waals surface area contributed by atoms with E-state index in [9.17, 15) is 18.8 Å². The number of carboxylic acid groups (broad SMARTS) is 1. The molecular formula is C21H18FN5O4. The van der Waals surface area contributed by atoms with Crippen molar-refractivity contribution < 1.29 is 23.9 Å². The molecule has 0 unspecified atom stereocenters. The number of imidazole rings is 1. The van der Waals surface area contributed by atoms with Crippen molar-refractivity contribution >= 4 is 23.6 Å². The number of rotatable bonds is 6. The summed E-state index contributed by atoms with van der Waals surface area (Å²) in [6, 6.07) is 7.05. The van der Waals surface area contributed by atoms with Crippen LogP contribution in [0, 0.1) is 5.82 Å². The van der Waals surface area contributed by atoms with Crippen LogP contribution in [-0.4, -0.2) is 39.5 Å². The van der Waals surface area contributed by atoms with E-state index < -0.39 is 17.8 Å². The number of anilines is 1. The first-order chi connectivity index (χ1) is 14.9. The SMILES string of the molecule is O=C(O)CCNC(=O)Nc1ccc(-c2ccc(-c3ncc[nH]3)c3c2CNC3=O)c(F)c1. The molecular weight excluding hydrogens is 405 g/mol. The number of aliphatic carboxylic acids is 1. The lowest BCUT2D eigenvalue weighted by atomic mass is 9.92. The Morgan fingerprint density at radius 2 is 1.94 bits per heavy atom. The lowest BCUT2D eigenvalue weighted by molar-refractivity contribution is -0.136. The number of urea groups is 1. The zero-order valence-electron chi connectivity index (χ0n) is 16.2. The highest BCUT2D eigenvalue weighted by Gasteiger charge is 2.28. The highest BCUT2D eigenvalue weighted by atomic mass is 19.1. The molecule has 1 aliphatic heterocycles. The van der Waals surface area contributed by atoms with Crippen LogP contribution in [0.4, 0.5) is 14.9 Å². The average Bonchev–Trinajstić information content (AvgIpc) is 3.38. The van der Waals surface area contributed by atoms with Gasteiger partial charge >= 0.3 is 12.0 Å². The van der Waals surface area contributed by atoms with Gasteiger partial charge in [-0.2, -0.15) is 0 Å². The molecule has 4 rings (SSSR count). The van der Waals surface area contributed by atoms with Crippen molar-refractivity contribution in [3.05, 3.63) is 59.7 Å². The van der Waals surface area contributed by atoms with Crippen molar-refractivity contribution in [2.75, 3.05) is 11.9 Å². The fourth-order valence-corrected chi connectivity index (χ4v) is 3.48. The van der Waals surface area contributed by atoms with Gasteiger partial charge in [0.2, 0.25) is 0 Å².